The van der Waals surface area contributed by atoms with Crippen LogP contribution in [0, 0.1) is 0 Å². The number of hydrazine groups is 1. The number of nitrogens with zero attached hydrogens (tertiary/aromatic N) is 4. The third kappa shape index (κ3) is 5.42. The minimum Gasteiger partial charge on any atom is -0.481 e. The Morgan fingerprint density at radius 1 is 0.974 bits per heavy atom. The molecule has 0 spiro atoms. The lowest BCUT2D eigenvalue weighted by Gasteiger charge is -2.54. The predicted molar refractivity (Wildman–Crippen MR) is 144 cm³/mol. The number of aliphatic carboxylic acids is 1. The summed E-state index contributed by atoms with van der Waals surface area (Å²) in [4.78, 5) is 55.0. The van der Waals surface area contributed by atoms with E-state index >= 15 is 0 Å². The minimum atomic E-state index is -1.05. The number of hydrogen-bond acceptors (Lipinski definition) is 5. The fourth-order valence-electron chi connectivity index (χ4n) is 5.47. The van der Waals surface area contributed by atoms with Crippen LogP contribution in [0.1, 0.15) is 24.0 Å². The molecule has 4 amide bonds. The molecule has 2 saturated heterocycles. The number of carboxylic acid groups (broad SMARTS) is 1. The van der Waals surface area contributed by atoms with Crippen LogP contribution in [-0.2, 0) is 27.5 Å². The molecule has 3 aromatic carbocycles. The second kappa shape index (κ2) is 11.1. The fraction of sp³-hybridized carbons (Fsp3) is 0.310. The Bertz CT molecular complexity index is 1390. The molecule has 202 valence electrons. The summed E-state index contributed by atoms with van der Waals surface area (Å²) >= 11 is 0. The highest BCUT2D eigenvalue weighted by molar-refractivity contribution is 5.92. The van der Waals surface area contributed by atoms with Crippen molar-refractivity contribution in [3.8, 4) is 0 Å². The van der Waals surface area contributed by atoms with E-state index in [2.05, 4.69) is 5.32 Å². The van der Waals surface area contributed by atoms with Crippen molar-refractivity contribution < 1.29 is 24.3 Å². The molecule has 3 aromatic rings. The molecule has 0 bridgehead atoms. The standard InChI is InChI=1S/C29H31N5O5/c1-31-19-26(35)33-24(14-15-27(36)37)28(38)32(17-22-12-7-11-21-10-5-6-13-23(21)22)18-25(33)34(31)29(39)30-16-20-8-3-2-4-9-20/h2-13,24-25H,14-19H2,1H3,(H,30,39)(H,36,37)/t24?,25-/m0/s1. The van der Waals surface area contributed by atoms with Gasteiger partial charge < -0.3 is 20.2 Å². The molecule has 2 aliphatic rings. The number of benzene rings is 3. The zero-order valence-electron chi connectivity index (χ0n) is 21.7. The maximum Gasteiger partial charge on any atom is 0.334 e. The number of likely N-dealkylation sites (N-methyl/N-ethyl adjacent to an activating group) is 1. The van der Waals surface area contributed by atoms with Crippen LogP contribution in [0.15, 0.2) is 72.8 Å². The van der Waals surface area contributed by atoms with Crippen molar-refractivity contribution >= 4 is 34.6 Å². The lowest BCUT2D eigenvalue weighted by molar-refractivity contribution is -0.188. The van der Waals surface area contributed by atoms with Crippen LogP contribution >= 0.6 is 0 Å². The summed E-state index contributed by atoms with van der Waals surface area (Å²) in [6, 6.07) is 21.9. The first-order valence-electron chi connectivity index (χ1n) is 12.9. The number of hydrogen-bond donors (Lipinski definition) is 2. The van der Waals surface area contributed by atoms with Crippen LogP contribution in [0.25, 0.3) is 10.8 Å². The quantitative estimate of drug-likeness (QED) is 0.487. The topological polar surface area (TPSA) is 114 Å². The normalized spacial score (nSPS) is 19.8. The lowest BCUT2D eigenvalue weighted by atomic mass is 9.99. The highest BCUT2D eigenvalue weighted by atomic mass is 16.4. The summed E-state index contributed by atoms with van der Waals surface area (Å²) in [5.74, 6) is -1.68. The highest BCUT2D eigenvalue weighted by Gasteiger charge is 2.50. The van der Waals surface area contributed by atoms with Gasteiger partial charge in [0, 0.05) is 26.6 Å². The maximum absolute atomic E-state index is 13.8. The highest BCUT2D eigenvalue weighted by Crippen LogP contribution is 2.30. The lowest BCUT2D eigenvalue weighted by Crippen LogP contribution is -2.75. The van der Waals surface area contributed by atoms with Crippen molar-refractivity contribution in [1.29, 1.82) is 0 Å². The Balaban J connectivity index is 1.46. The molecule has 0 saturated carbocycles. The average molecular weight is 530 g/mol. The Kier molecular flexibility index (Phi) is 7.47. The van der Waals surface area contributed by atoms with Crippen LogP contribution in [0.2, 0.25) is 0 Å². The van der Waals surface area contributed by atoms with E-state index in [-0.39, 0.29) is 44.3 Å². The number of urea groups is 1. The van der Waals surface area contributed by atoms with Gasteiger partial charge in [0.05, 0.1) is 13.1 Å². The van der Waals surface area contributed by atoms with E-state index < -0.39 is 24.2 Å². The van der Waals surface area contributed by atoms with Gasteiger partial charge in [0.15, 0.2) is 0 Å². The van der Waals surface area contributed by atoms with Gasteiger partial charge in [-0.15, -0.1) is 0 Å². The van der Waals surface area contributed by atoms with E-state index in [0.29, 0.717) is 6.54 Å². The molecule has 2 aliphatic heterocycles. The Labute approximate surface area is 226 Å². The predicted octanol–water partition coefficient (Wildman–Crippen LogP) is 2.64. The number of nitrogens with one attached hydrogen (secondary N) is 1. The molecule has 39 heavy (non-hydrogen) atoms. The van der Waals surface area contributed by atoms with E-state index in [0.717, 1.165) is 21.9 Å². The third-order valence-electron chi connectivity index (χ3n) is 7.31. The van der Waals surface area contributed by atoms with E-state index in [1.165, 1.54) is 9.91 Å². The summed E-state index contributed by atoms with van der Waals surface area (Å²) in [6.45, 7) is 0.563. The molecular formula is C29H31N5O5. The molecule has 10 heteroatoms. The largest absolute Gasteiger partial charge is 0.481 e. The second-order valence-electron chi connectivity index (χ2n) is 9.89. The number of amides is 4. The average Bonchev–Trinajstić information content (AvgIpc) is 2.92. The van der Waals surface area contributed by atoms with Gasteiger partial charge >= 0.3 is 12.0 Å². The Morgan fingerprint density at radius 2 is 1.69 bits per heavy atom. The van der Waals surface area contributed by atoms with Crippen molar-refractivity contribution in [3.05, 3.63) is 83.9 Å². The summed E-state index contributed by atoms with van der Waals surface area (Å²) in [7, 11) is 1.66. The van der Waals surface area contributed by atoms with E-state index in [4.69, 9.17) is 0 Å². The molecule has 0 aromatic heterocycles. The molecule has 0 aliphatic carbocycles. The van der Waals surface area contributed by atoms with Gasteiger partial charge in [-0.25, -0.2) is 14.8 Å². The molecule has 0 radical (unpaired) electrons. The number of piperazine rings is 1. The number of rotatable bonds is 7. The summed E-state index contributed by atoms with van der Waals surface area (Å²) < 4.78 is 0. The molecule has 5 rings (SSSR count). The molecule has 2 N–H and O–H groups in total. The van der Waals surface area contributed by atoms with Gasteiger partial charge in [-0.1, -0.05) is 72.8 Å². The van der Waals surface area contributed by atoms with Crippen molar-refractivity contribution in [2.75, 3.05) is 20.1 Å². The van der Waals surface area contributed by atoms with Crippen LogP contribution < -0.4 is 5.32 Å². The van der Waals surface area contributed by atoms with Crippen LogP contribution in [0.3, 0.4) is 0 Å². The Hall–Kier alpha value is -4.44. The fourth-order valence-corrected chi connectivity index (χ4v) is 5.47. The van der Waals surface area contributed by atoms with Crippen molar-refractivity contribution in [3.63, 3.8) is 0 Å². The maximum atomic E-state index is 13.8. The third-order valence-corrected chi connectivity index (χ3v) is 7.31. The Morgan fingerprint density at radius 3 is 2.46 bits per heavy atom. The van der Waals surface area contributed by atoms with Gasteiger partial charge in [0.1, 0.15) is 12.2 Å². The first kappa shape index (κ1) is 26.2. The smallest absolute Gasteiger partial charge is 0.334 e. The summed E-state index contributed by atoms with van der Waals surface area (Å²) in [6.07, 6.45) is -1.09. The second-order valence-corrected chi connectivity index (χ2v) is 9.89. The number of fused-ring (bicyclic) bond motifs is 2. The molecule has 2 atom stereocenters. The van der Waals surface area contributed by atoms with Crippen molar-refractivity contribution in [1.82, 2.24) is 25.1 Å². The monoisotopic (exact) mass is 529 g/mol. The van der Waals surface area contributed by atoms with Crippen LogP contribution in [0.4, 0.5) is 4.79 Å². The molecule has 10 nitrogen and oxygen atoms in total. The van der Waals surface area contributed by atoms with E-state index in [1.54, 1.807) is 17.0 Å². The van der Waals surface area contributed by atoms with Gasteiger partial charge in [-0.3, -0.25) is 14.4 Å². The zero-order chi connectivity index (χ0) is 27.5. The first-order valence-corrected chi connectivity index (χ1v) is 12.9. The van der Waals surface area contributed by atoms with Crippen molar-refractivity contribution in [2.24, 2.45) is 0 Å². The molecule has 2 fully saturated rings. The van der Waals surface area contributed by atoms with E-state index in [1.807, 2.05) is 72.8 Å². The number of carbonyl (C=O) groups is 4. The minimum absolute atomic E-state index is 0.0361. The zero-order valence-corrected chi connectivity index (χ0v) is 21.7. The van der Waals surface area contributed by atoms with Gasteiger partial charge in [-0.05, 0) is 28.3 Å². The van der Waals surface area contributed by atoms with E-state index in [9.17, 15) is 24.3 Å². The van der Waals surface area contributed by atoms with Gasteiger partial charge in [0.25, 0.3) is 0 Å². The first-order chi connectivity index (χ1) is 18.8. The molecule has 1 unspecified atom stereocenters. The number of carboxylic acids is 1. The van der Waals surface area contributed by atoms with Crippen molar-refractivity contribution in [2.45, 2.75) is 38.1 Å². The van der Waals surface area contributed by atoms with Crippen LogP contribution in [-0.4, -0.2) is 81.1 Å². The van der Waals surface area contributed by atoms with Crippen LogP contribution in [0.5, 0.6) is 0 Å². The SMILES string of the molecule is CN1CC(=O)N2C(CCC(=O)O)C(=O)N(Cc3cccc4ccccc34)C[C@@H]2N1C(=O)NCc1ccccc1. The summed E-state index contributed by atoms with van der Waals surface area (Å²) in [5, 5.41) is 17.4. The summed E-state index contributed by atoms with van der Waals surface area (Å²) in [5.41, 5.74) is 1.86. The van der Waals surface area contributed by atoms with Gasteiger partial charge in [0.2, 0.25) is 11.8 Å². The number of carbonyl (C=O) groups excluding carboxylic acids is 3. The molecular weight excluding hydrogens is 498 g/mol. The van der Waals surface area contributed by atoms with Gasteiger partial charge in [-0.2, -0.15) is 0 Å². The molecule has 2 heterocycles.